The Kier molecular flexibility index (Phi) is 6.73. The minimum absolute atomic E-state index is 0.190. The van der Waals surface area contributed by atoms with Crippen molar-refractivity contribution in [2.45, 2.75) is 51.4 Å². The van der Waals surface area contributed by atoms with E-state index in [0.717, 1.165) is 57.7 Å². The Labute approximate surface area is 161 Å². The van der Waals surface area contributed by atoms with Crippen molar-refractivity contribution in [3.05, 3.63) is 17.5 Å². The van der Waals surface area contributed by atoms with E-state index in [9.17, 15) is 9.90 Å². The lowest BCUT2D eigenvalue weighted by Crippen LogP contribution is -2.46. The first kappa shape index (κ1) is 20.1. The number of aliphatic hydroxyl groups excluding tert-OH is 1. The van der Waals surface area contributed by atoms with Crippen molar-refractivity contribution in [2.24, 2.45) is 0 Å². The maximum absolute atomic E-state index is 11.9. The third-order valence-electron chi connectivity index (χ3n) is 5.45. The van der Waals surface area contributed by atoms with Gasteiger partial charge in [-0.05, 0) is 46.3 Å². The maximum Gasteiger partial charge on any atom is 0.409 e. The van der Waals surface area contributed by atoms with Crippen molar-refractivity contribution in [1.29, 1.82) is 0 Å². The summed E-state index contributed by atoms with van der Waals surface area (Å²) in [6, 6.07) is 2.53. The van der Waals surface area contributed by atoms with Crippen molar-refractivity contribution in [2.75, 3.05) is 46.9 Å². The van der Waals surface area contributed by atoms with E-state index in [2.05, 4.69) is 20.7 Å². The summed E-state index contributed by atoms with van der Waals surface area (Å²) in [6.45, 7) is 7.15. The molecule has 1 fully saturated rings. The molecule has 0 radical (unpaired) electrons. The van der Waals surface area contributed by atoms with Crippen molar-refractivity contribution in [3.63, 3.8) is 0 Å². The van der Waals surface area contributed by atoms with E-state index in [-0.39, 0.29) is 6.09 Å². The molecular formula is C19H33N5O3. The summed E-state index contributed by atoms with van der Waals surface area (Å²) >= 11 is 0. The van der Waals surface area contributed by atoms with E-state index in [4.69, 9.17) is 4.74 Å². The number of aromatic nitrogens is 2. The van der Waals surface area contributed by atoms with E-state index >= 15 is 0 Å². The van der Waals surface area contributed by atoms with Gasteiger partial charge in [0, 0.05) is 45.3 Å². The molecule has 1 saturated heterocycles. The van der Waals surface area contributed by atoms with E-state index in [1.54, 1.807) is 0 Å². The van der Waals surface area contributed by atoms with Gasteiger partial charge in [-0.3, -0.25) is 9.58 Å². The molecule has 3 rings (SSSR count). The predicted molar refractivity (Wildman–Crippen MR) is 102 cm³/mol. The first-order valence-corrected chi connectivity index (χ1v) is 10.0. The van der Waals surface area contributed by atoms with E-state index in [1.807, 2.05) is 30.8 Å². The van der Waals surface area contributed by atoms with Crippen LogP contribution in [-0.2, 0) is 17.8 Å². The number of aryl methyl sites for hydroxylation is 1. The zero-order valence-electron chi connectivity index (χ0n) is 16.8. The number of piperidine rings is 1. The highest BCUT2D eigenvalue weighted by Gasteiger charge is 2.29. The van der Waals surface area contributed by atoms with Crippen LogP contribution in [0.25, 0.3) is 0 Å². The van der Waals surface area contributed by atoms with Crippen LogP contribution in [0, 0.1) is 0 Å². The van der Waals surface area contributed by atoms with Crippen molar-refractivity contribution in [1.82, 2.24) is 24.5 Å². The number of likely N-dealkylation sites (N-methyl/N-ethyl adjacent to an activating group) is 1. The Morgan fingerprint density at radius 1 is 1.33 bits per heavy atom. The lowest BCUT2D eigenvalue weighted by atomic mass is 10.0. The number of aliphatic hydroxyl groups is 1. The van der Waals surface area contributed by atoms with E-state index < -0.39 is 6.10 Å². The summed E-state index contributed by atoms with van der Waals surface area (Å²) in [7, 11) is 3.91. The van der Waals surface area contributed by atoms with Gasteiger partial charge >= 0.3 is 6.09 Å². The highest BCUT2D eigenvalue weighted by atomic mass is 16.6. The molecule has 1 aromatic heterocycles. The molecule has 2 aliphatic heterocycles. The number of likely N-dealkylation sites (tertiary alicyclic amines) is 1. The molecule has 1 atom stereocenters. The van der Waals surface area contributed by atoms with Gasteiger partial charge in [0.2, 0.25) is 0 Å². The fraction of sp³-hybridized carbons (Fsp3) is 0.789. The fourth-order valence-electron chi connectivity index (χ4n) is 4.05. The molecule has 0 aromatic carbocycles. The van der Waals surface area contributed by atoms with Crippen LogP contribution in [0.3, 0.4) is 0 Å². The Morgan fingerprint density at radius 2 is 2.07 bits per heavy atom. The van der Waals surface area contributed by atoms with Gasteiger partial charge in [-0.25, -0.2) is 4.79 Å². The zero-order chi connectivity index (χ0) is 19.4. The molecule has 1 N–H and O–H groups in total. The third kappa shape index (κ3) is 5.00. The topological polar surface area (TPSA) is 74.1 Å². The zero-order valence-corrected chi connectivity index (χ0v) is 16.8. The van der Waals surface area contributed by atoms with Crippen molar-refractivity contribution in [3.8, 4) is 0 Å². The number of carbonyl (C=O) groups is 1. The van der Waals surface area contributed by atoms with Crippen molar-refractivity contribution < 1.29 is 14.6 Å². The number of carbonyl (C=O) groups excluding carboxylic acids is 1. The second kappa shape index (κ2) is 9.03. The van der Waals surface area contributed by atoms with Gasteiger partial charge in [-0.1, -0.05) is 0 Å². The van der Waals surface area contributed by atoms with Gasteiger partial charge in [0.1, 0.15) is 6.10 Å². The molecule has 152 valence electrons. The average molecular weight is 380 g/mol. The predicted octanol–water partition coefficient (Wildman–Crippen LogP) is 1.30. The van der Waals surface area contributed by atoms with Crippen LogP contribution in [-0.4, -0.2) is 88.6 Å². The summed E-state index contributed by atoms with van der Waals surface area (Å²) in [5, 5.41) is 15.0. The van der Waals surface area contributed by atoms with Gasteiger partial charge in [0.25, 0.3) is 0 Å². The number of nitrogens with zero attached hydrogens (tertiary/aromatic N) is 5. The Morgan fingerprint density at radius 3 is 2.74 bits per heavy atom. The average Bonchev–Trinajstić information content (AvgIpc) is 2.93. The Balaban J connectivity index is 1.60. The van der Waals surface area contributed by atoms with Gasteiger partial charge in [-0.15, -0.1) is 0 Å². The molecule has 2 aliphatic rings. The van der Waals surface area contributed by atoms with E-state index in [1.165, 1.54) is 5.69 Å². The van der Waals surface area contributed by atoms with Crippen LogP contribution < -0.4 is 0 Å². The summed E-state index contributed by atoms with van der Waals surface area (Å²) < 4.78 is 7.17. The van der Waals surface area contributed by atoms with Gasteiger partial charge in [0.05, 0.1) is 18.0 Å². The van der Waals surface area contributed by atoms with E-state index in [0.29, 0.717) is 19.2 Å². The molecule has 0 saturated carbocycles. The number of ether oxygens (including phenoxy) is 1. The lowest BCUT2D eigenvalue weighted by molar-refractivity contribution is 0.0727. The van der Waals surface area contributed by atoms with Crippen LogP contribution in [0.4, 0.5) is 4.79 Å². The minimum atomic E-state index is -0.555. The number of fused-ring (bicyclic) bond motifs is 1. The molecule has 1 amide bonds. The maximum atomic E-state index is 11.9. The summed E-state index contributed by atoms with van der Waals surface area (Å²) in [5.74, 6) is 0. The van der Waals surface area contributed by atoms with Crippen LogP contribution >= 0.6 is 0 Å². The van der Waals surface area contributed by atoms with Crippen molar-refractivity contribution >= 4 is 6.09 Å². The lowest BCUT2D eigenvalue weighted by Gasteiger charge is -2.37. The van der Waals surface area contributed by atoms with Crippen LogP contribution in [0.2, 0.25) is 0 Å². The summed E-state index contributed by atoms with van der Waals surface area (Å²) in [4.78, 5) is 18.2. The monoisotopic (exact) mass is 379 g/mol. The smallest absolute Gasteiger partial charge is 0.409 e. The number of hydrogen-bond donors (Lipinski definition) is 1. The molecule has 1 aromatic rings. The highest BCUT2D eigenvalue weighted by molar-refractivity contribution is 5.67. The largest absolute Gasteiger partial charge is 0.450 e. The molecule has 0 spiro atoms. The molecule has 0 aliphatic carbocycles. The Bertz CT molecular complexity index is 625. The second-order valence-electron chi connectivity index (χ2n) is 7.80. The van der Waals surface area contributed by atoms with Crippen LogP contribution in [0.5, 0.6) is 0 Å². The third-order valence-corrected chi connectivity index (χ3v) is 5.45. The molecule has 27 heavy (non-hydrogen) atoms. The fourth-order valence-corrected chi connectivity index (χ4v) is 4.05. The quantitative estimate of drug-likeness (QED) is 0.831. The molecular weight excluding hydrogens is 346 g/mol. The molecule has 8 nitrogen and oxygen atoms in total. The molecule has 0 unspecified atom stereocenters. The van der Waals surface area contributed by atoms with Gasteiger partial charge in [0.15, 0.2) is 0 Å². The number of amides is 1. The van der Waals surface area contributed by atoms with Crippen LogP contribution in [0.15, 0.2) is 6.07 Å². The molecule has 8 heteroatoms. The molecule has 3 heterocycles. The number of rotatable bonds is 5. The first-order chi connectivity index (χ1) is 13.0. The minimum Gasteiger partial charge on any atom is -0.450 e. The summed E-state index contributed by atoms with van der Waals surface area (Å²) in [5.41, 5.74) is 1.94. The first-order valence-electron chi connectivity index (χ1n) is 10.0. The normalized spacial score (nSPS) is 20.4. The van der Waals surface area contributed by atoms with Gasteiger partial charge < -0.3 is 19.6 Å². The standard InChI is InChI=1S/C19H33N5O3/c1-4-27-19(26)22-10-6-15(7-11-22)23-8-5-9-24-16(13-23)12-17(20-24)18(25)14-21(2)3/h12,15,18,25H,4-11,13-14H2,1-3H3/t18-/m1/s1. The summed E-state index contributed by atoms with van der Waals surface area (Å²) in [6.07, 6.45) is 2.26. The Hall–Kier alpha value is -1.64. The van der Waals surface area contributed by atoms with Gasteiger partial charge in [-0.2, -0.15) is 5.10 Å². The highest BCUT2D eigenvalue weighted by Crippen LogP contribution is 2.24. The van der Waals surface area contributed by atoms with Crippen LogP contribution in [0.1, 0.15) is 43.7 Å². The molecule has 0 bridgehead atoms. The second-order valence-corrected chi connectivity index (χ2v) is 7.80. The number of hydrogen-bond acceptors (Lipinski definition) is 6. The SMILES string of the molecule is CCOC(=O)N1CCC(N2CCCn3nc([C@H](O)CN(C)C)cc3C2)CC1.